The highest BCUT2D eigenvalue weighted by atomic mass is 19.4. The minimum Gasteiger partial charge on any atom is -0.492 e. The number of ether oxygens (including phenoxy) is 1. The molecule has 0 saturated heterocycles. The summed E-state index contributed by atoms with van der Waals surface area (Å²) in [6.07, 6.45) is -4.10. The summed E-state index contributed by atoms with van der Waals surface area (Å²) in [6, 6.07) is 7.34. The van der Waals surface area contributed by atoms with Crippen molar-refractivity contribution >= 4 is 5.97 Å². The van der Waals surface area contributed by atoms with Gasteiger partial charge in [-0.1, -0.05) is 26.0 Å². The minimum absolute atomic E-state index is 0.0430. The average molecular weight is 398 g/mol. The Morgan fingerprint density at radius 2 is 1.93 bits per heavy atom. The summed E-state index contributed by atoms with van der Waals surface area (Å²) < 4.78 is 45.0. The monoisotopic (exact) mass is 398 g/mol. The van der Waals surface area contributed by atoms with Gasteiger partial charge in [0.15, 0.2) is 5.69 Å². The molecule has 0 aliphatic carbocycles. The van der Waals surface area contributed by atoms with Crippen LogP contribution in [-0.2, 0) is 30.4 Å². The quantitative estimate of drug-likeness (QED) is 0.739. The molecule has 0 bridgehead atoms. The number of nitrogens with zero attached hydrogens (tertiary/aromatic N) is 2. The van der Waals surface area contributed by atoms with Crippen molar-refractivity contribution in [2.75, 3.05) is 6.61 Å². The molecule has 2 aromatic rings. The first-order valence-corrected chi connectivity index (χ1v) is 8.74. The molecule has 1 atom stereocenters. The van der Waals surface area contributed by atoms with E-state index in [-0.39, 0.29) is 25.4 Å². The van der Waals surface area contributed by atoms with E-state index >= 15 is 0 Å². The first-order valence-electron chi connectivity index (χ1n) is 8.74. The summed E-state index contributed by atoms with van der Waals surface area (Å²) in [7, 11) is 0. The van der Waals surface area contributed by atoms with Crippen LogP contribution in [-0.4, -0.2) is 27.2 Å². The lowest BCUT2D eigenvalue weighted by Crippen LogP contribution is -2.29. The van der Waals surface area contributed by atoms with Crippen LogP contribution >= 0.6 is 0 Å². The summed E-state index contributed by atoms with van der Waals surface area (Å²) in [5, 5.41) is 8.93. The fourth-order valence-electron chi connectivity index (χ4n) is 2.63. The summed E-state index contributed by atoms with van der Waals surface area (Å²) in [5.41, 5.74) is -1.13. The Bertz CT molecular complexity index is 876. The number of rotatable bonds is 8. The molecular weight excluding hydrogens is 377 g/mol. The van der Waals surface area contributed by atoms with Gasteiger partial charge in [-0.15, -0.1) is 0 Å². The zero-order valence-corrected chi connectivity index (χ0v) is 15.5. The molecule has 0 aliphatic rings. The zero-order chi connectivity index (χ0) is 20.9. The molecule has 0 saturated carbocycles. The summed E-state index contributed by atoms with van der Waals surface area (Å²) in [4.78, 5) is 26.4. The maximum Gasteiger partial charge on any atom is 0.433 e. The van der Waals surface area contributed by atoms with E-state index in [2.05, 4.69) is 4.98 Å². The van der Waals surface area contributed by atoms with Crippen molar-refractivity contribution in [3.63, 3.8) is 0 Å². The molecule has 2 rings (SSSR count). The first kappa shape index (κ1) is 21.5. The molecule has 0 amide bonds. The Balaban J connectivity index is 2.01. The number of carboxylic acid groups (broad SMARTS) is 1. The van der Waals surface area contributed by atoms with Gasteiger partial charge in [0.05, 0.1) is 12.5 Å². The molecule has 0 fully saturated rings. The van der Waals surface area contributed by atoms with E-state index in [0.717, 1.165) is 10.1 Å². The van der Waals surface area contributed by atoms with Gasteiger partial charge in [0.25, 0.3) is 5.56 Å². The van der Waals surface area contributed by atoms with Gasteiger partial charge < -0.3 is 9.84 Å². The van der Waals surface area contributed by atoms with E-state index in [1.807, 2.05) is 0 Å². The van der Waals surface area contributed by atoms with Crippen molar-refractivity contribution in [3.05, 3.63) is 57.8 Å². The number of alkyl halides is 3. The van der Waals surface area contributed by atoms with Gasteiger partial charge in [-0.05, 0) is 24.1 Å². The lowest BCUT2D eigenvalue weighted by molar-refractivity contribution is -0.142. The summed E-state index contributed by atoms with van der Waals surface area (Å²) in [6.45, 7) is 3.37. The van der Waals surface area contributed by atoms with Crippen LogP contribution in [0.25, 0.3) is 0 Å². The van der Waals surface area contributed by atoms with Gasteiger partial charge in [0.2, 0.25) is 0 Å². The number of carbonyl (C=O) groups is 1. The minimum atomic E-state index is -4.67. The average Bonchev–Trinajstić information content (AvgIpc) is 2.63. The van der Waals surface area contributed by atoms with E-state index in [0.29, 0.717) is 18.2 Å². The van der Waals surface area contributed by atoms with Crippen molar-refractivity contribution in [1.82, 2.24) is 9.55 Å². The second-order valence-electron chi connectivity index (χ2n) is 6.33. The van der Waals surface area contributed by atoms with Gasteiger partial charge in [-0.2, -0.15) is 13.2 Å². The predicted octanol–water partition coefficient (Wildman–Crippen LogP) is 3.17. The standard InChI is InChI=1S/C19H21F3N2O4/c1-3-16-23-15(19(20,21)22)11-17(25)24(16)8-9-28-14-6-4-13(5-7-14)10-12(2)18(26)27/h4-7,11-12H,3,8-10H2,1-2H3,(H,26,27). The number of aryl methyl sites for hydroxylation is 1. The molecular formula is C19H21F3N2O4. The highest BCUT2D eigenvalue weighted by Crippen LogP contribution is 2.26. The molecule has 152 valence electrons. The normalized spacial score (nSPS) is 12.6. The van der Waals surface area contributed by atoms with Crippen molar-refractivity contribution in [3.8, 4) is 5.75 Å². The maximum atomic E-state index is 12.8. The van der Waals surface area contributed by atoms with Crippen LogP contribution in [0.5, 0.6) is 5.75 Å². The topological polar surface area (TPSA) is 81.4 Å². The van der Waals surface area contributed by atoms with Crippen molar-refractivity contribution in [2.45, 2.75) is 39.4 Å². The second kappa shape index (κ2) is 8.90. The third kappa shape index (κ3) is 5.58. The smallest absolute Gasteiger partial charge is 0.433 e. The van der Waals surface area contributed by atoms with Crippen molar-refractivity contribution in [1.29, 1.82) is 0 Å². The largest absolute Gasteiger partial charge is 0.492 e. The Labute approximate surface area is 159 Å². The maximum absolute atomic E-state index is 12.8. The molecule has 1 aromatic carbocycles. The Hall–Kier alpha value is -2.84. The molecule has 1 heterocycles. The van der Waals surface area contributed by atoms with Crippen LogP contribution < -0.4 is 10.3 Å². The van der Waals surface area contributed by atoms with E-state index in [4.69, 9.17) is 9.84 Å². The van der Waals surface area contributed by atoms with Crippen LogP contribution in [0.4, 0.5) is 13.2 Å². The summed E-state index contributed by atoms with van der Waals surface area (Å²) >= 11 is 0. The number of hydrogen-bond acceptors (Lipinski definition) is 4. The molecule has 1 unspecified atom stereocenters. The van der Waals surface area contributed by atoms with Crippen LogP contribution in [0.3, 0.4) is 0 Å². The van der Waals surface area contributed by atoms with Crippen LogP contribution in [0, 0.1) is 5.92 Å². The zero-order valence-electron chi connectivity index (χ0n) is 15.5. The van der Waals surface area contributed by atoms with E-state index in [1.165, 1.54) is 0 Å². The number of halogens is 3. The molecule has 6 nitrogen and oxygen atoms in total. The molecule has 0 radical (unpaired) electrons. The van der Waals surface area contributed by atoms with Crippen LogP contribution in [0.1, 0.15) is 30.9 Å². The molecule has 28 heavy (non-hydrogen) atoms. The van der Waals surface area contributed by atoms with Crippen molar-refractivity contribution in [2.24, 2.45) is 5.92 Å². The molecule has 1 aromatic heterocycles. The lowest BCUT2D eigenvalue weighted by Gasteiger charge is -2.14. The fraction of sp³-hybridized carbons (Fsp3) is 0.421. The van der Waals surface area contributed by atoms with Gasteiger partial charge >= 0.3 is 12.1 Å². The Morgan fingerprint density at radius 3 is 2.46 bits per heavy atom. The SMILES string of the molecule is CCc1nc(C(F)(F)F)cc(=O)n1CCOc1ccc(CC(C)C(=O)O)cc1. The third-order valence-corrected chi connectivity index (χ3v) is 4.16. The molecule has 0 aliphatic heterocycles. The fourth-order valence-corrected chi connectivity index (χ4v) is 2.63. The van der Waals surface area contributed by atoms with Crippen molar-refractivity contribution < 1.29 is 27.8 Å². The number of aliphatic carboxylic acids is 1. The van der Waals surface area contributed by atoms with E-state index < -0.39 is 29.3 Å². The predicted molar refractivity (Wildman–Crippen MR) is 95.3 cm³/mol. The molecule has 0 spiro atoms. The van der Waals surface area contributed by atoms with Gasteiger partial charge in [0.1, 0.15) is 18.2 Å². The lowest BCUT2D eigenvalue weighted by atomic mass is 10.0. The highest BCUT2D eigenvalue weighted by molar-refractivity contribution is 5.69. The van der Waals surface area contributed by atoms with Gasteiger partial charge in [0, 0.05) is 12.5 Å². The molecule has 1 N–H and O–H groups in total. The highest BCUT2D eigenvalue weighted by Gasteiger charge is 2.33. The second-order valence-corrected chi connectivity index (χ2v) is 6.33. The van der Waals surface area contributed by atoms with Crippen LogP contribution in [0.2, 0.25) is 0 Å². The molecule has 9 heteroatoms. The number of aromatic nitrogens is 2. The van der Waals surface area contributed by atoms with E-state index in [1.54, 1.807) is 38.1 Å². The first-order chi connectivity index (χ1) is 13.1. The number of hydrogen-bond donors (Lipinski definition) is 1. The van der Waals surface area contributed by atoms with Crippen LogP contribution in [0.15, 0.2) is 35.1 Å². The number of benzene rings is 1. The Kier molecular flexibility index (Phi) is 6.82. The third-order valence-electron chi connectivity index (χ3n) is 4.16. The van der Waals surface area contributed by atoms with Gasteiger partial charge in [-0.25, -0.2) is 4.98 Å². The number of carboxylic acids is 1. The Morgan fingerprint density at radius 1 is 1.29 bits per heavy atom. The summed E-state index contributed by atoms with van der Waals surface area (Å²) in [5.74, 6) is -0.819. The van der Waals surface area contributed by atoms with E-state index in [9.17, 15) is 22.8 Å². The van der Waals surface area contributed by atoms with Gasteiger partial charge in [-0.3, -0.25) is 14.2 Å².